The zero-order chi connectivity index (χ0) is 19.5. The first kappa shape index (κ1) is 19.8. The van der Waals surface area contributed by atoms with Gasteiger partial charge in [-0.1, -0.05) is 12.1 Å². The van der Waals surface area contributed by atoms with Gasteiger partial charge in [-0.15, -0.1) is 0 Å². The molecule has 1 aliphatic heterocycles. The van der Waals surface area contributed by atoms with Crippen molar-refractivity contribution in [3.8, 4) is 5.75 Å². The summed E-state index contributed by atoms with van der Waals surface area (Å²) in [6.07, 6.45) is 1.34. The summed E-state index contributed by atoms with van der Waals surface area (Å²) in [7, 11) is -2.13. The third-order valence-corrected chi connectivity index (χ3v) is 6.58. The van der Waals surface area contributed by atoms with E-state index in [2.05, 4.69) is 4.72 Å². The summed E-state index contributed by atoms with van der Waals surface area (Å²) in [6, 6.07) is 11.0. The van der Waals surface area contributed by atoms with Crippen molar-refractivity contribution in [2.75, 3.05) is 26.9 Å². The molecule has 2 aromatic carbocycles. The molecule has 0 spiro atoms. The van der Waals surface area contributed by atoms with Crippen LogP contribution in [0.5, 0.6) is 5.75 Å². The van der Waals surface area contributed by atoms with Gasteiger partial charge < -0.3 is 9.47 Å². The Bertz CT molecular complexity index is 891. The number of halogens is 1. The van der Waals surface area contributed by atoms with Crippen LogP contribution in [0.15, 0.2) is 47.4 Å². The molecule has 146 valence electrons. The zero-order valence-electron chi connectivity index (χ0n) is 15.5. The van der Waals surface area contributed by atoms with E-state index in [0.717, 1.165) is 11.1 Å². The van der Waals surface area contributed by atoms with Crippen molar-refractivity contribution >= 4 is 10.0 Å². The predicted octanol–water partition coefficient (Wildman–Crippen LogP) is 3.17. The number of nitrogens with one attached hydrogen (secondary N) is 1. The Labute approximate surface area is 159 Å². The van der Waals surface area contributed by atoms with Crippen LogP contribution in [0.1, 0.15) is 24.0 Å². The summed E-state index contributed by atoms with van der Waals surface area (Å²) in [5.74, 6) is 0.330. The van der Waals surface area contributed by atoms with Gasteiger partial charge in [-0.3, -0.25) is 0 Å². The van der Waals surface area contributed by atoms with Gasteiger partial charge in [0, 0.05) is 25.2 Å². The van der Waals surface area contributed by atoms with E-state index in [4.69, 9.17) is 9.47 Å². The molecule has 0 unspecified atom stereocenters. The molecule has 1 heterocycles. The second-order valence-corrected chi connectivity index (χ2v) is 8.62. The van der Waals surface area contributed by atoms with Crippen LogP contribution in [0.3, 0.4) is 0 Å². The van der Waals surface area contributed by atoms with Gasteiger partial charge in [0.15, 0.2) is 0 Å². The van der Waals surface area contributed by atoms with E-state index in [1.807, 2.05) is 0 Å². The number of sulfonamides is 1. The molecular formula is C20H24FNO4S. The van der Waals surface area contributed by atoms with Crippen LogP contribution in [-0.4, -0.2) is 35.3 Å². The van der Waals surface area contributed by atoms with Crippen molar-refractivity contribution in [1.29, 1.82) is 0 Å². The highest BCUT2D eigenvalue weighted by atomic mass is 32.2. The van der Waals surface area contributed by atoms with Gasteiger partial charge in [0.2, 0.25) is 10.0 Å². The molecular weight excluding hydrogens is 369 g/mol. The van der Waals surface area contributed by atoms with Crippen LogP contribution in [-0.2, 0) is 20.2 Å². The highest BCUT2D eigenvalue weighted by Crippen LogP contribution is 2.35. The Morgan fingerprint density at radius 3 is 2.41 bits per heavy atom. The molecule has 1 saturated heterocycles. The molecule has 27 heavy (non-hydrogen) atoms. The van der Waals surface area contributed by atoms with Crippen molar-refractivity contribution in [1.82, 2.24) is 4.72 Å². The quantitative estimate of drug-likeness (QED) is 0.819. The molecule has 7 heteroatoms. The Morgan fingerprint density at radius 2 is 1.81 bits per heavy atom. The van der Waals surface area contributed by atoms with Crippen molar-refractivity contribution in [2.45, 2.75) is 30.1 Å². The zero-order valence-corrected chi connectivity index (χ0v) is 16.3. The minimum atomic E-state index is -3.68. The third kappa shape index (κ3) is 4.31. The Kier molecular flexibility index (Phi) is 5.83. The Hall–Kier alpha value is -1.96. The fraction of sp³-hybridized carbons (Fsp3) is 0.400. The standard InChI is InChI=1S/C20H24FNO4S/c1-15-13-18(7-8-19(15)25-2)27(23,24)22-14-20(9-11-26-12-10-20)16-3-5-17(21)6-4-16/h3-8,13,22H,9-12,14H2,1-2H3. The average molecular weight is 393 g/mol. The lowest BCUT2D eigenvalue weighted by atomic mass is 9.74. The molecule has 0 bridgehead atoms. The normalized spacial score (nSPS) is 16.9. The molecule has 0 atom stereocenters. The molecule has 1 aliphatic rings. The second-order valence-electron chi connectivity index (χ2n) is 6.86. The van der Waals surface area contributed by atoms with Gasteiger partial charge in [-0.2, -0.15) is 0 Å². The molecule has 2 aromatic rings. The van der Waals surface area contributed by atoms with Gasteiger partial charge in [0.1, 0.15) is 11.6 Å². The van der Waals surface area contributed by atoms with Gasteiger partial charge >= 0.3 is 0 Å². The first-order chi connectivity index (χ1) is 12.9. The summed E-state index contributed by atoms with van der Waals surface area (Å²) >= 11 is 0. The molecule has 5 nitrogen and oxygen atoms in total. The summed E-state index contributed by atoms with van der Waals surface area (Å²) in [5.41, 5.74) is 1.25. The first-order valence-electron chi connectivity index (χ1n) is 8.84. The minimum absolute atomic E-state index is 0.196. The summed E-state index contributed by atoms with van der Waals surface area (Å²) in [6.45, 7) is 3.12. The summed E-state index contributed by atoms with van der Waals surface area (Å²) in [4.78, 5) is 0.196. The van der Waals surface area contributed by atoms with Gasteiger partial charge in [0.05, 0.1) is 12.0 Å². The van der Waals surface area contributed by atoms with Crippen molar-refractivity contribution in [3.63, 3.8) is 0 Å². The van der Waals surface area contributed by atoms with Crippen LogP contribution < -0.4 is 9.46 Å². The summed E-state index contributed by atoms with van der Waals surface area (Å²) in [5, 5.41) is 0. The second kappa shape index (κ2) is 7.96. The van der Waals surface area contributed by atoms with Crippen molar-refractivity contribution in [2.24, 2.45) is 0 Å². The number of hydrogen-bond acceptors (Lipinski definition) is 4. The van der Waals surface area contributed by atoms with E-state index in [9.17, 15) is 12.8 Å². The van der Waals surface area contributed by atoms with Gasteiger partial charge in [0.25, 0.3) is 0 Å². The van der Waals surface area contributed by atoms with Crippen LogP contribution in [0.4, 0.5) is 4.39 Å². The molecule has 0 amide bonds. The maximum atomic E-state index is 13.3. The number of methoxy groups -OCH3 is 1. The van der Waals surface area contributed by atoms with Gasteiger partial charge in [-0.05, 0) is 61.2 Å². The fourth-order valence-electron chi connectivity index (χ4n) is 3.47. The highest BCUT2D eigenvalue weighted by molar-refractivity contribution is 7.89. The maximum absolute atomic E-state index is 13.3. The molecule has 1 fully saturated rings. The largest absolute Gasteiger partial charge is 0.496 e. The molecule has 0 radical (unpaired) electrons. The molecule has 3 rings (SSSR count). The molecule has 0 aliphatic carbocycles. The third-order valence-electron chi connectivity index (χ3n) is 5.18. The number of ether oxygens (including phenoxy) is 2. The van der Waals surface area contributed by atoms with Crippen molar-refractivity contribution in [3.05, 3.63) is 59.4 Å². The lowest BCUT2D eigenvalue weighted by molar-refractivity contribution is 0.0517. The van der Waals surface area contributed by atoms with E-state index in [1.165, 1.54) is 18.2 Å². The van der Waals surface area contributed by atoms with Crippen molar-refractivity contribution < 1.29 is 22.3 Å². The summed E-state index contributed by atoms with van der Waals surface area (Å²) < 4.78 is 52.4. The predicted molar refractivity (Wildman–Crippen MR) is 101 cm³/mol. The van der Waals surface area contributed by atoms with Crippen LogP contribution in [0.2, 0.25) is 0 Å². The highest BCUT2D eigenvalue weighted by Gasteiger charge is 2.35. The van der Waals surface area contributed by atoms with Gasteiger partial charge in [-0.25, -0.2) is 17.5 Å². The average Bonchev–Trinajstić information content (AvgIpc) is 2.67. The van der Waals surface area contributed by atoms with Crippen LogP contribution in [0.25, 0.3) is 0 Å². The lowest BCUT2D eigenvalue weighted by Gasteiger charge is -2.38. The molecule has 0 aromatic heterocycles. The molecule has 0 saturated carbocycles. The Morgan fingerprint density at radius 1 is 1.15 bits per heavy atom. The molecule has 1 N–H and O–H groups in total. The van der Waals surface area contributed by atoms with E-state index in [0.29, 0.717) is 31.8 Å². The van der Waals surface area contributed by atoms with Crippen LogP contribution in [0, 0.1) is 12.7 Å². The van der Waals surface area contributed by atoms with E-state index in [1.54, 1.807) is 38.3 Å². The van der Waals surface area contributed by atoms with Crippen LogP contribution >= 0.6 is 0 Å². The van der Waals surface area contributed by atoms with E-state index in [-0.39, 0.29) is 17.3 Å². The SMILES string of the molecule is COc1ccc(S(=O)(=O)NCC2(c3ccc(F)cc3)CCOCC2)cc1C. The Balaban J connectivity index is 1.84. The lowest BCUT2D eigenvalue weighted by Crippen LogP contribution is -2.44. The topological polar surface area (TPSA) is 64.6 Å². The number of aryl methyl sites for hydroxylation is 1. The van der Waals surface area contributed by atoms with E-state index >= 15 is 0 Å². The minimum Gasteiger partial charge on any atom is -0.496 e. The fourth-order valence-corrected chi connectivity index (χ4v) is 4.68. The number of hydrogen-bond donors (Lipinski definition) is 1. The smallest absolute Gasteiger partial charge is 0.240 e. The maximum Gasteiger partial charge on any atom is 0.240 e. The first-order valence-corrected chi connectivity index (χ1v) is 10.3. The number of rotatable bonds is 6. The van der Waals surface area contributed by atoms with E-state index < -0.39 is 15.4 Å². The number of benzene rings is 2. The monoisotopic (exact) mass is 393 g/mol.